The molecule has 2 aromatic heterocycles. The maximum atomic E-state index is 13.4. The van der Waals surface area contributed by atoms with E-state index in [9.17, 15) is 22.5 Å². The highest BCUT2D eigenvalue weighted by molar-refractivity contribution is 9.10. The van der Waals surface area contributed by atoms with Gasteiger partial charge in [-0.15, -0.1) is 0 Å². The van der Waals surface area contributed by atoms with E-state index < -0.39 is 31.6 Å². The minimum atomic E-state index is -4.46. The summed E-state index contributed by atoms with van der Waals surface area (Å²) in [6.07, 6.45) is -3.73. The summed E-state index contributed by atoms with van der Waals surface area (Å²) in [7, 11) is -2.66. The topological polar surface area (TPSA) is 64.7 Å². The molecule has 0 saturated carbocycles. The summed E-state index contributed by atoms with van der Waals surface area (Å²) in [6.45, 7) is 7.03. The first-order chi connectivity index (χ1) is 18.0. The number of ether oxygens (including phenoxy) is 1. The van der Waals surface area contributed by atoms with Gasteiger partial charge >= 0.3 is 12.3 Å². The van der Waals surface area contributed by atoms with Crippen molar-refractivity contribution in [3.05, 3.63) is 58.9 Å². The molecule has 0 saturated heterocycles. The predicted octanol–water partition coefficient (Wildman–Crippen LogP) is 7.75. The molecular formula is C28H27BrF3N2O4P. The van der Waals surface area contributed by atoms with Crippen LogP contribution in [-0.2, 0) is 15.8 Å². The fourth-order valence-electron chi connectivity index (χ4n) is 4.19. The van der Waals surface area contributed by atoms with Crippen molar-refractivity contribution in [2.45, 2.75) is 39.1 Å². The minimum absolute atomic E-state index is 0.148. The van der Waals surface area contributed by atoms with E-state index in [0.717, 1.165) is 4.57 Å². The van der Waals surface area contributed by atoms with Gasteiger partial charge in [0.05, 0.1) is 29.7 Å². The Morgan fingerprint density at radius 1 is 1.13 bits per heavy atom. The average Bonchev–Trinajstić information content (AvgIpc) is 3.40. The number of fused-ring (bicyclic) bond motifs is 2. The van der Waals surface area contributed by atoms with Gasteiger partial charge in [-0.2, -0.15) is 13.2 Å². The number of carbonyl (C=O) groups is 1. The Morgan fingerprint density at radius 3 is 2.49 bits per heavy atom. The van der Waals surface area contributed by atoms with E-state index in [1.807, 2.05) is 0 Å². The first kappa shape index (κ1) is 28.8. The second-order valence-electron chi connectivity index (χ2n) is 10.4. The first-order valence-electron chi connectivity index (χ1n) is 11.9. The molecule has 206 valence electrons. The average molecular weight is 623 g/mol. The minimum Gasteiger partial charge on any atom is -0.462 e. The van der Waals surface area contributed by atoms with Crippen LogP contribution in [0.15, 0.2) is 57.6 Å². The van der Waals surface area contributed by atoms with E-state index >= 15 is 0 Å². The van der Waals surface area contributed by atoms with Gasteiger partial charge in [0.1, 0.15) is 19.3 Å². The molecule has 0 aliphatic rings. The maximum absolute atomic E-state index is 13.4. The van der Waals surface area contributed by atoms with Gasteiger partial charge in [0, 0.05) is 20.5 Å². The van der Waals surface area contributed by atoms with E-state index in [4.69, 9.17) is 9.15 Å². The SMILES string of the molecule is CC(C)(C)OC(=O)N(CC#Cc1cc2c(Br)cccc2n1CC(F)(F)F)c1ccc(P(C)(C)=O)c2ccoc12. The number of rotatable bonds is 4. The number of carbonyl (C=O) groups excluding carboxylic acids is 1. The number of furan rings is 1. The summed E-state index contributed by atoms with van der Waals surface area (Å²) in [5.74, 6) is 5.67. The smallest absolute Gasteiger partial charge is 0.415 e. The van der Waals surface area contributed by atoms with E-state index in [1.165, 1.54) is 11.2 Å². The van der Waals surface area contributed by atoms with Crippen LogP contribution >= 0.6 is 23.1 Å². The fraction of sp³-hybridized carbons (Fsp3) is 0.321. The molecule has 1 amide bonds. The van der Waals surface area contributed by atoms with Crippen molar-refractivity contribution in [2.75, 3.05) is 24.8 Å². The molecule has 0 radical (unpaired) electrons. The number of alkyl halides is 3. The fourth-order valence-corrected chi connectivity index (χ4v) is 5.85. The highest BCUT2D eigenvalue weighted by Crippen LogP contribution is 2.40. The lowest BCUT2D eigenvalue weighted by molar-refractivity contribution is -0.140. The lowest BCUT2D eigenvalue weighted by Crippen LogP contribution is -2.37. The molecule has 0 spiro atoms. The summed E-state index contributed by atoms with van der Waals surface area (Å²) in [5.41, 5.74) is 0.383. The van der Waals surface area contributed by atoms with Crippen LogP contribution in [0.1, 0.15) is 26.5 Å². The summed E-state index contributed by atoms with van der Waals surface area (Å²) in [5, 5.41) is 1.79. The Labute approximate surface area is 232 Å². The molecule has 0 N–H and O–H groups in total. The molecule has 4 aromatic rings. The normalized spacial score (nSPS) is 12.4. The van der Waals surface area contributed by atoms with Gasteiger partial charge in [-0.25, -0.2) is 4.79 Å². The second kappa shape index (κ2) is 10.4. The monoisotopic (exact) mass is 622 g/mol. The van der Waals surface area contributed by atoms with Gasteiger partial charge in [-0.3, -0.25) is 4.90 Å². The van der Waals surface area contributed by atoms with Crippen LogP contribution < -0.4 is 10.2 Å². The Hall–Kier alpha value is -3.15. The van der Waals surface area contributed by atoms with Crippen molar-refractivity contribution >= 4 is 62.0 Å². The number of hydrogen-bond acceptors (Lipinski definition) is 4. The largest absolute Gasteiger partial charge is 0.462 e. The summed E-state index contributed by atoms with van der Waals surface area (Å²) in [6, 6.07) is 11.5. The van der Waals surface area contributed by atoms with Crippen molar-refractivity contribution in [3.8, 4) is 11.8 Å². The van der Waals surface area contributed by atoms with E-state index in [-0.39, 0.29) is 12.2 Å². The Morgan fingerprint density at radius 2 is 1.85 bits per heavy atom. The lowest BCUT2D eigenvalue weighted by Gasteiger charge is -2.26. The van der Waals surface area contributed by atoms with Crippen LogP contribution in [0.2, 0.25) is 0 Å². The number of anilines is 1. The van der Waals surface area contributed by atoms with Crippen molar-refractivity contribution < 1.29 is 31.7 Å². The molecule has 0 fully saturated rings. The van der Waals surface area contributed by atoms with Crippen LogP contribution in [-0.4, -0.2) is 42.3 Å². The van der Waals surface area contributed by atoms with Gasteiger partial charge in [-0.05, 0) is 76.4 Å². The summed E-state index contributed by atoms with van der Waals surface area (Å²) < 4.78 is 66.1. The van der Waals surface area contributed by atoms with Crippen LogP contribution in [0.5, 0.6) is 0 Å². The number of nitrogens with zero attached hydrogens (tertiary/aromatic N) is 2. The quantitative estimate of drug-likeness (QED) is 0.172. The number of hydrogen-bond donors (Lipinski definition) is 0. The van der Waals surface area contributed by atoms with Gasteiger partial charge in [-0.1, -0.05) is 27.9 Å². The first-order valence-corrected chi connectivity index (χ1v) is 15.3. The highest BCUT2D eigenvalue weighted by atomic mass is 79.9. The second-order valence-corrected chi connectivity index (χ2v) is 14.4. The van der Waals surface area contributed by atoms with Crippen molar-refractivity contribution in [2.24, 2.45) is 0 Å². The maximum Gasteiger partial charge on any atom is 0.415 e. The molecule has 0 unspecified atom stereocenters. The number of halogens is 4. The van der Waals surface area contributed by atoms with Gasteiger partial charge in [0.15, 0.2) is 5.58 Å². The predicted molar refractivity (Wildman–Crippen MR) is 151 cm³/mol. The lowest BCUT2D eigenvalue weighted by atomic mass is 10.2. The van der Waals surface area contributed by atoms with Gasteiger partial charge < -0.3 is 18.3 Å². The number of aromatic nitrogens is 1. The van der Waals surface area contributed by atoms with Gasteiger partial charge in [0.2, 0.25) is 0 Å². The molecule has 4 rings (SSSR count). The molecule has 2 aromatic carbocycles. The molecule has 0 aliphatic heterocycles. The third-order valence-electron chi connectivity index (χ3n) is 5.74. The number of benzene rings is 2. The molecule has 2 heterocycles. The Balaban J connectivity index is 1.80. The third-order valence-corrected chi connectivity index (χ3v) is 7.98. The van der Waals surface area contributed by atoms with E-state index in [1.54, 1.807) is 76.6 Å². The van der Waals surface area contributed by atoms with Crippen molar-refractivity contribution in [1.29, 1.82) is 0 Å². The van der Waals surface area contributed by atoms with Gasteiger partial charge in [0.25, 0.3) is 0 Å². The Kier molecular flexibility index (Phi) is 7.72. The van der Waals surface area contributed by atoms with Crippen LogP contribution in [0.25, 0.3) is 21.9 Å². The molecule has 6 nitrogen and oxygen atoms in total. The zero-order chi connectivity index (χ0) is 28.8. The van der Waals surface area contributed by atoms with Crippen LogP contribution in [0.3, 0.4) is 0 Å². The standard InChI is InChI=1S/C28H27BrF3N2O4P/c1-27(2,3)38-26(35)33(23-11-12-24(39(4,5)36)19-13-15-37-25(19)23)14-7-8-18-16-20-21(29)9-6-10-22(20)34(18)17-28(30,31)32/h6,9-13,15-16H,14,17H2,1-5H3. The Bertz CT molecular complexity index is 1670. The van der Waals surface area contributed by atoms with E-state index in [2.05, 4.69) is 27.8 Å². The zero-order valence-electron chi connectivity index (χ0n) is 22.0. The molecule has 39 heavy (non-hydrogen) atoms. The molecule has 0 bridgehead atoms. The third kappa shape index (κ3) is 6.54. The summed E-state index contributed by atoms with van der Waals surface area (Å²) >= 11 is 3.39. The number of amides is 1. The van der Waals surface area contributed by atoms with Crippen molar-refractivity contribution in [1.82, 2.24) is 4.57 Å². The molecule has 11 heteroatoms. The van der Waals surface area contributed by atoms with Crippen LogP contribution in [0.4, 0.5) is 23.7 Å². The van der Waals surface area contributed by atoms with Crippen LogP contribution in [0, 0.1) is 11.8 Å². The highest BCUT2D eigenvalue weighted by Gasteiger charge is 2.30. The molecular weight excluding hydrogens is 596 g/mol. The zero-order valence-corrected chi connectivity index (χ0v) is 24.5. The van der Waals surface area contributed by atoms with E-state index in [0.29, 0.717) is 37.3 Å². The van der Waals surface area contributed by atoms with Crippen molar-refractivity contribution in [3.63, 3.8) is 0 Å². The molecule has 0 aliphatic carbocycles. The molecule has 0 atom stereocenters. The summed E-state index contributed by atoms with van der Waals surface area (Å²) in [4.78, 5) is 14.5.